The Kier molecular flexibility index (Phi) is 4.63. The van der Waals surface area contributed by atoms with Crippen molar-refractivity contribution < 1.29 is 4.39 Å². The maximum absolute atomic E-state index is 13.8. The number of aryl methyl sites for hydroxylation is 1. The number of nitrogens with one attached hydrogen (secondary N) is 1. The highest BCUT2D eigenvalue weighted by Crippen LogP contribution is 2.28. The Labute approximate surface area is 121 Å². The van der Waals surface area contributed by atoms with Crippen LogP contribution in [0.15, 0.2) is 12.1 Å². The smallest absolute Gasteiger partial charge is 0.165 e. The molecule has 0 saturated carbocycles. The van der Waals surface area contributed by atoms with E-state index in [0.717, 1.165) is 31.6 Å². The van der Waals surface area contributed by atoms with Crippen LogP contribution in [0.1, 0.15) is 45.7 Å². The Hall–Kier alpha value is -1.16. The number of anilines is 1. The van der Waals surface area contributed by atoms with Gasteiger partial charge in [0.1, 0.15) is 0 Å². The van der Waals surface area contributed by atoms with Crippen LogP contribution in [-0.2, 0) is 0 Å². The van der Waals surface area contributed by atoms with E-state index in [0.29, 0.717) is 11.9 Å². The predicted octanol–water partition coefficient (Wildman–Crippen LogP) is 3.59. The molecule has 20 heavy (non-hydrogen) atoms. The largest absolute Gasteiger partial charge is 0.362 e. The SMILES string of the molecule is CCC(C)N1CCC(C)(Nc2nc(C)ccc2F)CC1. The average molecular weight is 279 g/mol. The van der Waals surface area contributed by atoms with E-state index in [2.05, 4.69) is 36.0 Å². The first-order valence-corrected chi connectivity index (χ1v) is 7.59. The van der Waals surface area contributed by atoms with E-state index in [1.54, 1.807) is 6.07 Å². The van der Waals surface area contributed by atoms with Gasteiger partial charge in [-0.3, -0.25) is 0 Å². The fourth-order valence-electron chi connectivity index (χ4n) is 2.75. The van der Waals surface area contributed by atoms with Gasteiger partial charge in [-0.2, -0.15) is 0 Å². The Balaban J connectivity index is 2.01. The minimum absolute atomic E-state index is 0.0639. The quantitative estimate of drug-likeness (QED) is 0.913. The summed E-state index contributed by atoms with van der Waals surface area (Å²) < 4.78 is 13.8. The van der Waals surface area contributed by atoms with Crippen LogP contribution in [0.5, 0.6) is 0 Å². The molecule has 0 aromatic carbocycles. The molecule has 0 radical (unpaired) electrons. The molecular weight excluding hydrogens is 253 g/mol. The first-order chi connectivity index (χ1) is 9.43. The van der Waals surface area contributed by atoms with Crippen LogP contribution in [0.3, 0.4) is 0 Å². The minimum atomic E-state index is -0.263. The third kappa shape index (κ3) is 3.48. The Morgan fingerprint density at radius 3 is 2.65 bits per heavy atom. The molecule has 1 aliphatic heterocycles. The number of nitrogens with zero attached hydrogens (tertiary/aromatic N) is 2. The van der Waals surface area contributed by atoms with Crippen LogP contribution in [0.25, 0.3) is 0 Å². The number of likely N-dealkylation sites (tertiary alicyclic amines) is 1. The fourth-order valence-corrected chi connectivity index (χ4v) is 2.75. The molecular formula is C16H26FN3. The van der Waals surface area contributed by atoms with Gasteiger partial charge in [0.2, 0.25) is 0 Å². The van der Waals surface area contributed by atoms with Crippen molar-refractivity contribution in [3.63, 3.8) is 0 Å². The number of rotatable bonds is 4. The third-order valence-electron chi connectivity index (χ3n) is 4.52. The third-order valence-corrected chi connectivity index (χ3v) is 4.52. The lowest BCUT2D eigenvalue weighted by Gasteiger charge is -2.42. The van der Waals surface area contributed by atoms with Crippen molar-refractivity contribution in [1.29, 1.82) is 0 Å². The number of hydrogen-bond donors (Lipinski definition) is 1. The molecule has 0 aliphatic carbocycles. The highest BCUT2D eigenvalue weighted by molar-refractivity contribution is 5.40. The number of pyridine rings is 1. The number of halogens is 1. The first-order valence-electron chi connectivity index (χ1n) is 7.59. The molecule has 2 rings (SSSR count). The second-order valence-electron chi connectivity index (χ2n) is 6.26. The number of hydrogen-bond acceptors (Lipinski definition) is 3. The van der Waals surface area contributed by atoms with Crippen molar-refractivity contribution in [2.45, 2.75) is 58.5 Å². The lowest BCUT2D eigenvalue weighted by molar-refractivity contribution is 0.136. The summed E-state index contributed by atoms with van der Waals surface area (Å²) in [7, 11) is 0. The van der Waals surface area contributed by atoms with Crippen molar-refractivity contribution in [3.05, 3.63) is 23.6 Å². The van der Waals surface area contributed by atoms with Gasteiger partial charge >= 0.3 is 0 Å². The van der Waals surface area contributed by atoms with Crippen molar-refractivity contribution in [2.24, 2.45) is 0 Å². The van der Waals surface area contributed by atoms with E-state index in [4.69, 9.17) is 0 Å². The molecule has 3 nitrogen and oxygen atoms in total. The molecule has 0 amide bonds. The van der Waals surface area contributed by atoms with Crippen LogP contribution in [0.4, 0.5) is 10.2 Å². The maximum atomic E-state index is 13.8. The number of aromatic nitrogens is 1. The van der Waals surface area contributed by atoms with Gasteiger partial charge in [0, 0.05) is 30.4 Å². The van der Waals surface area contributed by atoms with E-state index in [1.807, 2.05) is 6.92 Å². The highest BCUT2D eigenvalue weighted by Gasteiger charge is 2.32. The van der Waals surface area contributed by atoms with E-state index < -0.39 is 0 Å². The molecule has 1 aromatic heterocycles. The van der Waals surface area contributed by atoms with E-state index in [-0.39, 0.29) is 11.4 Å². The molecule has 1 unspecified atom stereocenters. The van der Waals surface area contributed by atoms with Crippen LogP contribution in [0.2, 0.25) is 0 Å². The van der Waals surface area contributed by atoms with Gasteiger partial charge in [-0.25, -0.2) is 9.37 Å². The van der Waals surface area contributed by atoms with Crippen LogP contribution in [-0.4, -0.2) is 34.6 Å². The summed E-state index contributed by atoms with van der Waals surface area (Å²) >= 11 is 0. The zero-order valence-corrected chi connectivity index (χ0v) is 13.0. The van der Waals surface area contributed by atoms with Crippen LogP contribution < -0.4 is 5.32 Å². The summed E-state index contributed by atoms with van der Waals surface area (Å²) in [5, 5.41) is 3.33. The van der Waals surface area contributed by atoms with Crippen molar-refractivity contribution in [2.75, 3.05) is 18.4 Å². The average Bonchev–Trinajstić information content (AvgIpc) is 2.43. The van der Waals surface area contributed by atoms with Crippen LogP contribution in [0, 0.1) is 12.7 Å². The lowest BCUT2D eigenvalue weighted by atomic mass is 9.88. The highest BCUT2D eigenvalue weighted by atomic mass is 19.1. The second kappa shape index (κ2) is 6.08. The van der Waals surface area contributed by atoms with Gasteiger partial charge in [-0.15, -0.1) is 0 Å². The Morgan fingerprint density at radius 2 is 2.05 bits per heavy atom. The van der Waals surface area contributed by atoms with Gasteiger partial charge < -0.3 is 10.2 Å². The van der Waals surface area contributed by atoms with Crippen molar-refractivity contribution >= 4 is 5.82 Å². The van der Waals surface area contributed by atoms with Crippen molar-refractivity contribution in [3.8, 4) is 0 Å². The predicted molar refractivity (Wildman–Crippen MR) is 81.5 cm³/mol. The summed E-state index contributed by atoms with van der Waals surface area (Å²) in [6.07, 6.45) is 3.22. The van der Waals surface area contributed by atoms with Gasteiger partial charge in [0.05, 0.1) is 0 Å². The maximum Gasteiger partial charge on any atom is 0.165 e. The molecule has 1 N–H and O–H groups in total. The molecule has 1 atom stereocenters. The van der Waals surface area contributed by atoms with Gasteiger partial charge in [0.25, 0.3) is 0 Å². The summed E-state index contributed by atoms with van der Waals surface area (Å²) in [4.78, 5) is 6.80. The molecule has 0 spiro atoms. The molecule has 2 heterocycles. The van der Waals surface area contributed by atoms with Gasteiger partial charge in [-0.1, -0.05) is 6.92 Å². The zero-order chi connectivity index (χ0) is 14.8. The molecule has 1 saturated heterocycles. The summed E-state index contributed by atoms with van der Waals surface area (Å²) in [6, 6.07) is 3.82. The molecule has 1 fully saturated rings. The van der Waals surface area contributed by atoms with E-state index in [9.17, 15) is 4.39 Å². The normalized spacial score (nSPS) is 20.6. The molecule has 1 aliphatic rings. The fraction of sp³-hybridized carbons (Fsp3) is 0.688. The summed E-state index contributed by atoms with van der Waals surface area (Å²) in [5.41, 5.74) is 0.778. The summed E-state index contributed by atoms with van der Waals surface area (Å²) in [6.45, 7) is 10.7. The van der Waals surface area contributed by atoms with Gasteiger partial charge in [-0.05, 0) is 52.2 Å². The Morgan fingerprint density at radius 1 is 1.40 bits per heavy atom. The van der Waals surface area contributed by atoms with Crippen molar-refractivity contribution in [1.82, 2.24) is 9.88 Å². The second-order valence-corrected chi connectivity index (χ2v) is 6.26. The zero-order valence-electron chi connectivity index (χ0n) is 13.0. The molecule has 4 heteroatoms. The van der Waals surface area contributed by atoms with E-state index >= 15 is 0 Å². The molecule has 1 aromatic rings. The minimum Gasteiger partial charge on any atom is -0.362 e. The monoisotopic (exact) mass is 279 g/mol. The topological polar surface area (TPSA) is 28.2 Å². The standard InChI is InChI=1S/C16H26FN3/c1-5-13(3)20-10-8-16(4,9-11-20)19-15-14(17)7-6-12(2)18-15/h6-7,13H,5,8-11H2,1-4H3,(H,18,19). The van der Waals surface area contributed by atoms with Crippen LogP contribution >= 0.6 is 0 Å². The molecule has 0 bridgehead atoms. The Bertz CT molecular complexity index is 453. The lowest BCUT2D eigenvalue weighted by Crippen LogP contribution is -2.49. The number of piperidine rings is 1. The first kappa shape index (κ1) is 15.2. The van der Waals surface area contributed by atoms with E-state index in [1.165, 1.54) is 12.5 Å². The van der Waals surface area contributed by atoms with Gasteiger partial charge in [0.15, 0.2) is 11.6 Å². The molecule has 112 valence electrons. The summed E-state index contributed by atoms with van der Waals surface area (Å²) in [5.74, 6) is 0.130.